The SMILES string of the molecule is COCCNCC(=O)NC1C(C)CN(Cc2ccccc2)CC1C.Cl.Cl. The van der Waals surface area contributed by atoms with Crippen LogP contribution in [0.4, 0.5) is 0 Å². The normalized spacial score (nSPS) is 22.8. The second-order valence-corrected chi connectivity index (χ2v) is 6.90. The number of hydrogen-bond donors (Lipinski definition) is 2. The van der Waals surface area contributed by atoms with E-state index in [0.717, 1.165) is 19.6 Å². The molecule has 1 fully saturated rings. The molecule has 2 unspecified atom stereocenters. The van der Waals surface area contributed by atoms with Crippen LogP contribution in [0, 0.1) is 11.8 Å². The Morgan fingerprint density at radius 3 is 2.35 bits per heavy atom. The van der Waals surface area contributed by atoms with Crippen LogP contribution in [0.15, 0.2) is 30.3 Å². The molecule has 0 aromatic heterocycles. The first-order valence-electron chi connectivity index (χ1n) is 8.85. The third-order valence-corrected chi connectivity index (χ3v) is 4.66. The second kappa shape index (κ2) is 13.3. The first-order chi connectivity index (χ1) is 11.6. The molecule has 26 heavy (non-hydrogen) atoms. The van der Waals surface area contributed by atoms with Crippen molar-refractivity contribution in [2.24, 2.45) is 11.8 Å². The molecule has 0 aliphatic carbocycles. The smallest absolute Gasteiger partial charge is 0.234 e. The number of ether oxygens (including phenoxy) is 1. The number of halogens is 2. The number of carbonyl (C=O) groups excluding carboxylic acids is 1. The van der Waals surface area contributed by atoms with E-state index in [1.807, 2.05) is 0 Å². The van der Waals surface area contributed by atoms with Crippen molar-refractivity contribution in [3.63, 3.8) is 0 Å². The highest BCUT2D eigenvalue weighted by atomic mass is 35.5. The molecule has 0 bridgehead atoms. The van der Waals surface area contributed by atoms with Gasteiger partial charge in [0.15, 0.2) is 0 Å². The summed E-state index contributed by atoms with van der Waals surface area (Å²) in [4.78, 5) is 14.6. The molecule has 2 rings (SSSR count). The Morgan fingerprint density at radius 1 is 1.15 bits per heavy atom. The van der Waals surface area contributed by atoms with Gasteiger partial charge in [-0.15, -0.1) is 24.8 Å². The quantitative estimate of drug-likeness (QED) is 0.651. The maximum atomic E-state index is 12.1. The van der Waals surface area contributed by atoms with Crippen LogP contribution in [0.1, 0.15) is 19.4 Å². The van der Waals surface area contributed by atoms with Crippen molar-refractivity contribution in [2.45, 2.75) is 26.4 Å². The maximum Gasteiger partial charge on any atom is 0.234 e. The zero-order valence-corrected chi connectivity index (χ0v) is 17.6. The van der Waals surface area contributed by atoms with Gasteiger partial charge in [-0.2, -0.15) is 0 Å². The summed E-state index contributed by atoms with van der Waals surface area (Å²) in [5.41, 5.74) is 1.35. The number of carbonyl (C=O) groups is 1. The molecule has 1 aliphatic rings. The molecule has 2 atom stereocenters. The van der Waals surface area contributed by atoms with E-state index in [4.69, 9.17) is 4.74 Å². The molecule has 1 heterocycles. The lowest BCUT2D eigenvalue weighted by atomic mass is 9.85. The van der Waals surface area contributed by atoms with E-state index in [1.54, 1.807) is 7.11 Å². The van der Waals surface area contributed by atoms with E-state index in [2.05, 4.69) is 59.7 Å². The summed E-state index contributed by atoms with van der Waals surface area (Å²) >= 11 is 0. The van der Waals surface area contributed by atoms with Crippen LogP contribution in [0.3, 0.4) is 0 Å². The number of piperidine rings is 1. The Morgan fingerprint density at radius 2 is 1.77 bits per heavy atom. The average molecular weight is 406 g/mol. The number of hydrogen-bond acceptors (Lipinski definition) is 4. The van der Waals surface area contributed by atoms with Crippen molar-refractivity contribution in [1.82, 2.24) is 15.5 Å². The third-order valence-electron chi connectivity index (χ3n) is 4.66. The summed E-state index contributed by atoms with van der Waals surface area (Å²) in [7, 11) is 1.66. The zero-order valence-electron chi connectivity index (χ0n) is 15.9. The summed E-state index contributed by atoms with van der Waals surface area (Å²) in [5, 5.41) is 6.31. The van der Waals surface area contributed by atoms with Gasteiger partial charge in [-0.1, -0.05) is 44.2 Å². The maximum absolute atomic E-state index is 12.1. The minimum Gasteiger partial charge on any atom is -0.383 e. The van der Waals surface area contributed by atoms with Gasteiger partial charge >= 0.3 is 0 Å². The van der Waals surface area contributed by atoms with Gasteiger partial charge in [0, 0.05) is 39.3 Å². The van der Waals surface area contributed by atoms with Gasteiger partial charge in [-0.3, -0.25) is 9.69 Å². The molecule has 1 amide bonds. The van der Waals surface area contributed by atoms with Gasteiger partial charge in [0.05, 0.1) is 13.2 Å². The van der Waals surface area contributed by atoms with Crippen molar-refractivity contribution in [2.75, 3.05) is 39.9 Å². The van der Waals surface area contributed by atoms with Gasteiger partial charge in [-0.25, -0.2) is 0 Å². The minimum absolute atomic E-state index is 0. The third kappa shape index (κ3) is 8.23. The van der Waals surface area contributed by atoms with Crippen LogP contribution in [0.5, 0.6) is 0 Å². The summed E-state index contributed by atoms with van der Waals surface area (Å²) in [5.74, 6) is 0.965. The number of benzene rings is 1. The lowest BCUT2D eigenvalue weighted by Crippen LogP contribution is -2.55. The monoisotopic (exact) mass is 405 g/mol. The van der Waals surface area contributed by atoms with Crippen molar-refractivity contribution in [1.29, 1.82) is 0 Å². The fourth-order valence-corrected chi connectivity index (χ4v) is 3.55. The zero-order chi connectivity index (χ0) is 17.4. The highest BCUT2D eigenvalue weighted by Crippen LogP contribution is 2.23. The molecule has 150 valence electrons. The minimum atomic E-state index is 0. The van der Waals surface area contributed by atoms with E-state index < -0.39 is 0 Å². The highest BCUT2D eigenvalue weighted by molar-refractivity contribution is 5.85. The number of amides is 1. The van der Waals surface area contributed by atoms with E-state index in [-0.39, 0.29) is 36.8 Å². The van der Waals surface area contributed by atoms with Gasteiger partial charge in [0.25, 0.3) is 0 Å². The number of nitrogens with one attached hydrogen (secondary N) is 2. The van der Waals surface area contributed by atoms with Crippen LogP contribution in [0.2, 0.25) is 0 Å². The van der Waals surface area contributed by atoms with Crippen LogP contribution in [-0.2, 0) is 16.1 Å². The number of rotatable bonds is 8. The molecule has 0 spiro atoms. The van der Waals surface area contributed by atoms with E-state index in [9.17, 15) is 4.79 Å². The molecular weight excluding hydrogens is 373 g/mol. The van der Waals surface area contributed by atoms with Gasteiger partial charge < -0.3 is 15.4 Å². The fourth-order valence-electron chi connectivity index (χ4n) is 3.55. The highest BCUT2D eigenvalue weighted by Gasteiger charge is 2.32. The van der Waals surface area contributed by atoms with Crippen molar-refractivity contribution < 1.29 is 9.53 Å². The van der Waals surface area contributed by atoms with Crippen LogP contribution in [-0.4, -0.2) is 56.7 Å². The number of methoxy groups -OCH3 is 1. The molecule has 7 heteroatoms. The molecule has 0 radical (unpaired) electrons. The standard InChI is InChI=1S/C19H31N3O2.2ClH/c1-15-12-22(14-17-7-5-4-6-8-17)13-16(2)19(15)21-18(23)11-20-9-10-24-3;;/h4-8,15-16,19-20H,9-14H2,1-3H3,(H,21,23);2*1H. The Balaban J connectivity index is 0.00000312. The first kappa shape index (κ1) is 25.1. The summed E-state index contributed by atoms with van der Waals surface area (Å²) in [6, 6.07) is 10.8. The van der Waals surface area contributed by atoms with Crippen LogP contribution >= 0.6 is 24.8 Å². The fraction of sp³-hybridized carbons (Fsp3) is 0.632. The Bertz CT molecular complexity index is 493. The molecule has 0 saturated carbocycles. The largest absolute Gasteiger partial charge is 0.383 e. The molecular formula is C19H33Cl2N3O2. The number of likely N-dealkylation sites (tertiary alicyclic amines) is 1. The van der Waals surface area contributed by atoms with Gasteiger partial charge in [0.1, 0.15) is 0 Å². The molecule has 1 aromatic rings. The first-order valence-corrected chi connectivity index (χ1v) is 8.85. The van der Waals surface area contributed by atoms with Crippen LogP contribution in [0.25, 0.3) is 0 Å². The Kier molecular flexibility index (Phi) is 12.9. The van der Waals surface area contributed by atoms with E-state index in [1.165, 1.54) is 5.56 Å². The Hall–Kier alpha value is -0.850. The molecule has 1 saturated heterocycles. The van der Waals surface area contributed by atoms with Crippen LogP contribution < -0.4 is 10.6 Å². The van der Waals surface area contributed by atoms with Crippen molar-refractivity contribution >= 4 is 30.7 Å². The lowest BCUT2D eigenvalue weighted by Gasteiger charge is -2.41. The van der Waals surface area contributed by atoms with Gasteiger partial charge in [0.2, 0.25) is 5.91 Å². The number of nitrogens with zero attached hydrogens (tertiary/aromatic N) is 1. The summed E-state index contributed by atoms with van der Waals surface area (Å²) in [6.45, 7) is 9.15. The summed E-state index contributed by atoms with van der Waals surface area (Å²) in [6.07, 6.45) is 0. The molecule has 1 aliphatic heterocycles. The molecule has 5 nitrogen and oxygen atoms in total. The topological polar surface area (TPSA) is 53.6 Å². The molecule has 2 N–H and O–H groups in total. The lowest BCUT2D eigenvalue weighted by molar-refractivity contribution is -0.122. The van der Waals surface area contributed by atoms with Gasteiger partial charge in [-0.05, 0) is 17.4 Å². The second-order valence-electron chi connectivity index (χ2n) is 6.90. The van der Waals surface area contributed by atoms with Crippen molar-refractivity contribution in [3.8, 4) is 0 Å². The summed E-state index contributed by atoms with van der Waals surface area (Å²) < 4.78 is 4.97. The predicted octanol–water partition coefficient (Wildman–Crippen LogP) is 2.34. The van der Waals surface area contributed by atoms with E-state index >= 15 is 0 Å². The average Bonchev–Trinajstić information content (AvgIpc) is 2.56. The predicted molar refractivity (Wildman–Crippen MR) is 111 cm³/mol. The molecule has 1 aromatic carbocycles. The van der Waals surface area contributed by atoms with Crippen molar-refractivity contribution in [3.05, 3.63) is 35.9 Å². The Labute approximate surface area is 170 Å². The van der Waals surface area contributed by atoms with E-state index in [0.29, 0.717) is 31.5 Å².